The molecule has 1 fully saturated rings. The predicted octanol–water partition coefficient (Wildman–Crippen LogP) is 1.71. The molecule has 0 spiro atoms. The number of nitrogens with two attached hydrogens (primary N) is 1. The highest BCUT2D eigenvalue weighted by Gasteiger charge is 2.43. The molecule has 0 bridgehead atoms. The number of pyridine rings is 1. The molecule has 0 radical (unpaired) electrons. The van der Waals surface area contributed by atoms with Crippen LogP contribution in [-0.2, 0) is 0 Å². The van der Waals surface area contributed by atoms with Gasteiger partial charge >= 0.3 is 0 Å². The number of hydrogen-bond acceptors (Lipinski definition) is 4. The lowest BCUT2D eigenvalue weighted by atomic mass is 9.99. The Morgan fingerprint density at radius 3 is 2.95 bits per heavy atom. The summed E-state index contributed by atoms with van der Waals surface area (Å²) in [5.41, 5.74) is 5.66. The molecule has 1 aromatic carbocycles. The molecular weight excluding hydrogens is 240 g/mol. The highest BCUT2D eigenvalue weighted by molar-refractivity contribution is 5.79. The molecule has 100 valence electrons. The normalized spacial score (nSPS) is 18.2. The van der Waals surface area contributed by atoms with E-state index in [0.717, 1.165) is 29.5 Å². The molecule has 1 heterocycles. The molecule has 1 aromatic heterocycles. The van der Waals surface area contributed by atoms with Gasteiger partial charge in [0.2, 0.25) is 0 Å². The van der Waals surface area contributed by atoms with Crippen LogP contribution in [0.5, 0.6) is 5.75 Å². The van der Waals surface area contributed by atoms with Crippen molar-refractivity contribution in [2.75, 3.05) is 13.2 Å². The molecule has 0 aliphatic heterocycles. The molecule has 3 N–H and O–H groups in total. The van der Waals surface area contributed by atoms with Crippen LogP contribution in [0.15, 0.2) is 36.5 Å². The second-order valence-electron chi connectivity index (χ2n) is 5.23. The molecule has 19 heavy (non-hydrogen) atoms. The first kappa shape index (κ1) is 12.4. The van der Waals surface area contributed by atoms with E-state index in [4.69, 9.17) is 10.5 Å². The molecule has 1 atom stereocenters. The maximum absolute atomic E-state index is 10.4. The number of aliphatic hydroxyl groups is 1. The average Bonchev–Trinajstić information content (AvgIpc) is 3.29. The molecule has 1 aliphatic carbocycles. The maximum Gasteiger partial charge on any atom is 0.121 e. The zero-order chi connectivity index (χ0) is 13.3. The summed E-state index contributed by atoms with van der Waals surface area (Å²) in [4.78, 5) is 4.29. The number of hydrogen-bond donors (Lipinski definition) is 2. The van der Waals surface area contributed by atoms with Crippen molar-refractivity contribution in [2.45, 2.75) is 18.4 Å². The van der Waals surface area contributed by atoms with Gasteiger partial charge in [-0.05, 0) is 37.0 Å². The second kappa shape index (κ2) is 4.79. The van der Waals surface area contributed by atoms with Gasteiger partial charge in [-0.3, -0.25) is 4.98 Å². The van der Waals surface area contributed by atoms with E-state index in [9.17, 15) is 5.11 Å². The SMILES string of the molecule is NCC(O)(COc1ccc2cccnc2c1)C1CC1. The lowest BCUT2D eigenvalue weighted by Crippen LogP contribution is -2.45. The van der Waals surface area contributed by atoms with Gasteiger partial charge in [-0.25, -0.2) is 0 Å². The van der Waals surface area contributed by atoms with Gasteiger partial charge < -0.3 is 15.6 Å². The van der Waals surface area contributed by atoms with Crippen molar-refractivity contribution in [1.82, 2.24) is 4.98 Å². The Labute approximate surface area is 112 Å². The van der Waals surface area contributed by atoms with E-state index in [2.05, 4.69) is 4.98 Å². The molecular formula is C15H18N2O2. The first-order valence-electron chi connectivity index (χ1n) is 6.61. The van der Waals surface area contributed by atoms with Crippen molar-refractivity contribution >= 4 is 10.9 Å². The fraction of sp³-hybridized carbons (Fsp3) is 0.400. The van der Waals surface area contributed by atoms with Gasteiger partial charge in [-0.2, -0.15) is 0 Å². The molecule has 1 unspecified atom stereocenters. The molecule has 0 amide bonds. The summed E-state index contributed by atoms with van der Waals surface area (Å²) in [5, 5.41) is 11.4. The van der Waals surface area contributed by atoms with E-state index >= 15 is 0 Å². The van der Waals surface area contributed by atoms with Crippen LogP contribution in [-0.4, -0.2) is 28.8 Å². The van der Waals surface area contributed by atoms with E-state index in [-0.39, 0.29) is 19.1 Å². The number of benzene rings is 1. The third kappa shape index (κ3) is 2.55. The van der Waals surface area contributed by atoms with Gasteiger partial charge in [-0.15, -0.1) is 0 Å². The average molecular weight is 258 g/mol. The summed E-state index contributed by atoms with van der Waals surface area (Å²) >= 11 is 0. The molecule has 0 saturated heterocycles. The van der Waals surface area contributed by atoms with E-state index in [1.807, 2.05) is 30.3 Å². The fourth-order valence-electron chi connectivity index (χ4n) is 2.31. The highest BCUT2D eigenvalue weighted by Crippen LogP contribution is 2.39. The number of nitrogens with zero attached hydrogens (tertiary/aromatic N) is 1. The van der Waals surface area contributed by atoms with E-state index in [0.29, 0.717) is 0 Å². The molecule has 2 aromatic rings. The minimum atomic E-state index is -0.890. The van der Waals surface area contributed by atoms with Crippen molar-refractivity contribution < 1.29 is 9.84 Å². The quantitative estimate of drug-likeness (QED) is 0.856. The Morgan fingerprint density at radius 1 is 1.37 bits per heavy atom. The largest absolute Gasteiger partial charge is 0.490 e. The van der Waals surface area contributed by atoms with Crippen LogP contribution in [0.25, 0.3) is 10.9 Å². The first-order chi connectivity index (χ1) is 9.21. The van der Waals surface area contributed by atoms with Crippen molar-refractivity contribution in [3.63, 3.8) is 0 Å². The summed E-state index contributed by atoms with van der Waals surface area (Å²) < 4.78 is 5.70. The van der Waals surface area contributed by atoms with E-state index in [1.54, 1.807) is 6.20 Å². The fourth-order valence-corrected chi connectivity index (χ4v) is 2.31. The van der Waals surface area contributed by atoms with Gasteiger partial charge in [-0.1, -0.05) is 6.07 Å². The van der Waals surface area contributed by atoms with Gasteiger partial charge in [0.1, 0.15) is 18.0 Å². The minimum absolute atomic E-state index is 0.240. The van der Waals surface area contributed by atoms with Crippen LogP contribution in [0.4, 0.5) is 0 Å². The lowest BCUT2D eigenvalue weighted by molar-refractivity contribution is -0.0162. The van der Waals surface area contributed by atoms with Gasteiger partial charge in [0.25, 0.3) is 0 Å². The lowest BCUT2D eigenvalue weighted by Gasteiger charge is -2.26. The summed E-state index contributed by atoms with van der Waals surface area (Å²) in [7, 11) is 0. The summed E-state index contributed by atoms with van der Waals surface area (Å²) in [6, 6.07) is 9.67. The van der Waals surface area contributed by atoms with Gasteiger partial charge in [0, 0.05) is 24.2 Å². The molecule has 4 nitrogen and oxygen atoms in total. The molecule has 3 rings (SSSR count). The van der Waals surface area contributed by atoms with Crippen LogP contribution in [0, 0.1) is 5.92 Å². The maximum atomic E-state index is 10.4. The summed E-state index contributed by atoms with van der Waals surface area (Å²) in [5.74, 6) is 1.01. The van der Waals surface area contributed by atoms with Crippen molar-refractivity contribution in [3.05, 3.63) is 36.5 Å². The van der Waals surface area contributed by atoms with E-state index < -0.39 is 5.60 Å². The second-order valence-corrected chi connectivity index (χ2v) is 5.23. The monoisotopic (exact) mass is 258 g/mol. The summed E-state index contributed by atoms with van der Waals surface area (Å²) in [6.45, 7) is 0.482. The van der Waals surface area contributed by atoms with Crippen molar-refractivity contribution in [3.8, 4) is 5.75 Å². The van der Waals surface area contributed by atoms with Crippen molar-refractivity contribution in [2.24, 2.45) is 11.7 Å². The van der Waals surface area contributed by atoms with Crippen LogP contribution in [0.2, 0.25) is 0 Å². The van der Waals surface area contributed by atoms with Crippen LogP contribution < -0.4 is 10.5 Å². The smallest absolute Gasteiger partial charge is 0.121 e. The van der Waals surface area contributed by atoms with Gasteiger partial charge in [0.15, 0.2) is 0 Å². The van der Waals surface area contributed by atoms with Crippen LogP contribution >= 0.6 is 0 Å². The Hall–Kier alpha value is -1.65. The van der Waals surface area contributed by atoms with Crippen LogP contribution in [0.3, 0.4) is 0 Å². The molecule has 4 heteroatoms. The minimum Gasteiger partial charge on any atom is -0.490 e. The number of rotatable bonds is 5. The van der Waals surface area contributed by atoms with Crippen LogP contribution in [0.1, 0.15) is 12.8 Å². The zero-order valence-electron chi connectivity index (χ0n) is 10.7. The Kier molecular flexibility index (Phi) is 3.12. The standard InChI is InChI=1S/C15H18N2O2/c16-9-15(18,12-4-5-12)10-19-13-6-3-11-2-1-7-17-14(11)8-13/h1-3,6-8,12,18H,4-5,9-10,16H2. The highest BCUT2D eigenvalue weighted by atomic mass is 16.5. The van der Waals surface area contributed by atoms with Gasteiger partial charge in [0.05, 0.1) is 5.52 Å². The summed E-state index contributed by atoms with van der Waals surface area (Å²) in [6.07, 6.45) is 3.83. The zero-order valence-corrected chi connectivity index (χ0v) is 10.7. The Morgan fingerprint density at radius 2 is 2.21 bits per heavy atom. The third-order valence-corrected chi connectivity index (χ3v) is 3.76. The molecule has 1 saturated carbocycles. The topological polar surface area (TPSA) is 68.4 Å². The number of aromatic nitrogens is 1. The Bertz CT molecular complexity index is 583. The first-order valence-corrected chi connectivity index (χ1v) is 6.61. The van der Waals surface area contributed by atoms with Crippen molar-refractivity contribution in [1.29, 1.82) is 0 Å². The Balaban J connectivity index is 1.74. The predicted molar refractivity (Wildman–Crippen MR) is 74.0 cm³/mol. The number of ether oxygens (including phenoxy) is 1. The molecule has 1 aliphatic rings. The number of fused-ring (bicyclic) bond motifs is 1. The van der Waals surface area contributed by atoms with E-state index in [1.165, 1.54) is 0 Å². The third-order valence-electron chi connectivity index (χ3n) is 3.76.